The smallest absolute Gasteiger partial charge is 0.224 e. The molecule has 1 atom stereocenters. The minimum Gasteiger partial charge on any atom is -0.381 e. The maximum atomic E-state index is 11.9. The molecule has 0 spiro atoms. The van der Waals surface area contributed by atoms with Crippen molar-refractivity contribution < 1.29 is 9.53 Å². The molecule has 1 fully saturated rings. The summed E-state index contributed by atoms with van der Waals surface area (Å²) < 4.78 is 7.20. The second-order valence-electron chi connectivity index (χ2n) is 5.14. The molecular weight excluding hydrogens is 230 g/mol. The lowest BCUT2D eigenvalue weighted by molar-refractivity contribution is -0.118. The van der Waals surface area contributed by atoms with Crippen LogP contribution in [0.2, 0.25) is 0 Å². The van der Waals surface area contributed by atoms with Crippen molar-refractivity contribution in [3.8, 4) is 0 Å². The maximum absolute atomic E-state index is 11.9. The van der Waals surface area contributed by atoms with E-state index < -0.39 is 0 Å². The fourth-order valence-corrected chi connectivity index (χ4v) is 2.13. The highest BCUT2D eigenvalue weighted by Crippen LogP contribution is 2.18. The van der Waals surface area contributed by atoms with Crippen LogP contribution in [0.4, 0.5) is 5.69 Å². The second-order valence-corrected chi connectivity index (χ2v) is 5.14. The largest absolute Gasteiger partial charge is 0.381 e. The summed E-state index contributed by atoms with van der Waals surface area (Å²) in [4.78, 5) is 11.9. The summed E-state index contributed by atoms with van der Waals surface area (Å²) in [6.45, 7) is 5.65. The molecule has 1 aliphatic heterocycles. The Balaban J connectivity index is 1.82. The number of nitrogens with one attached hydrogen (secondary N) is 1. The highest BCUT2D eigenvalue weighted by atomic mass is 16.5. The summed E-state index contributed by atoms with van der Waals surface area (Å²) in [5.41, 5.74) is 0.769. The molecule has 2 heterocycles. The van der Waals surface area contributed by atoms with Crippen LogP contribution in [0.1, 0.15) is 39.2 Å². The van der Waals surface area contributed by atoms with Gasteiger partial charge in [0, 0.05) is 31.9 Å². The van der Waals surface area contributed by atoms with Gasteiger partial charge in [-0.2, -0.15) is 5.10 Å². The molecule has 0 saturated carbocycles. The summed E-state index contributed by atoms with van der Waals surface area (Å²) in [7, 11) is 0. The van der Waals surface area contributed by atoms with Crippen LogP contribution in [0, 0.1) is 5.92 Å². The average molecular weight is 251 g/mol. The zero-order valence-electron chi connectivity index (χ0n) is 11.1. The molecule has 1 amide bonds. The zero-order chi connectivity index (χ0) is 13.0. The molecule has 1 unspecified atom stereocenters. The quantitative estimate of drug-likeness (QED) is 0.892. The molecule has 18 heavy (non-hydrogen) atoms. The standard InChI is InChI=1S/C13H21N3O2/c1-10(2)16-8-12(7-14-16)15-13(17)6-11-4-3-5-18-9-11/h7-8,10-11H,3-6,9H2,1-2H3,(H,15,17). The van der Waals surface area contributed by atoms with Crippen molar-refractivity contribution in [1.29, 1.82) is 0 Å². The van der Waals surface area contributed by atoms with E-state index in [4.69, 9.17) is 4.74 Å². The number of hydrogen-bond acceptors (Lipinski definition) is 3. The highest BCUT2D eigenvalue weighted by molar-refractivity contribution is 5.90. The van der Waals surface area contributed by atoms with E-state index >= 15 is 0 Å². The molecule has 100 valence electrons. The fourth-order valence-electron chi connectivity index (χ4n) is 2.13. The molecule has 0 bridgehead atoms. The number of rotatable bonds is 4. The number of hydrogen-bond donors (Lipinski definition) is 1. The van der Waals surface area contributed by atoms with Crippen LogP contribution in [0.15, 0.2) is 12.4 Å². The molecule has 0 radical (unpaired) electrons. The number of anilines is 1. The fraction of sp³-hybridized carbons (Fsp3) is 0.692. The molecule has 2 rings (SSSR count). The topological polar surface area (TPSA) is 56.2 Å². The third-order valence-electron chi connectivity index (χ3n) is 3.14. The molecule has 1 aromatic rings. The van der Waals surface area contributed by atoms with Crippen molar-refractivity contribution >= 4 is 11.6 Å². The Labute approximate surface area is 108 Å². The zero-order valence-corrected chi connectivity index (χ0v) is 11.1. The first-order chi connectivity index (χ1) is 8.65. The number of amides is 1. The minimum absolute atomic E-state index is 0.0498. The number of carbonyl (C=O) groups is 1. The third kappa shape index (κ3) is 3.57. The van der Waals surface area contributed by atoms with Crippen LogP contribution in [0.25, 0.3) is 0 Å². The van der Waals surface area contributed by atoms with E-state index in [0.29, 0.717) is 25.0 Å². The first-order valence-electron chi connectivity index (χ1n) is 6.57. The van der Waals surface area contributed by atoms with Crippen LogP contribution in [-0.2, 0) is 9.53 Å². The predicted molar refractivity (Wildman–Crippen MR) is 69.4 cm³/mol. The van der Waals surface area contributed by atoms with Crippen molar-refractivity contribution in [2.75, 3.05) is 18.5 Å². The summed E-state index contributed by atoms with van der Waals surface area (Å²) in [6, 6.07) is 0.308. The van der Waals surface area contributed by atoms with Gasteiger partial charge in [0.25, 0.3) is 0 Å². The Hall–Kier alpha value is -1.36. The van der Waals surface area contributed by atoms with Crippen molar-refractivity contribution in [2.24, 2.45) is 5.92 Å². The van der Waals surface area contributed by atoms with Gasteiger partial charge in [-0.3, -0.25) is 9.48 Å². The van der Waals surface area contributed by atoms with E-state index in [1.54, 1.807) is 6.20 Å². The highest BCUT2D eigenvalue weighted by Gasteiger charge is 2.17. The van der Waals surface area contributed by atoms with E-state index in [2.05, 4.69) is 24.3 Å². The van der Waals surface area contributed by atoms with Gasteiger partial charge in [0.2, 0.25) is 5.91 Å². The Morgan fingerprint density at radius 1 is 1.67 bits per heavy atom. The van der Waals surface area contributed by atoms with E-state index in [-0.39, 0.29) is 5.91 Å². The van der Waals surface area contributed by atoms with Gasteiger partial charge in [0.1, 0.15) is 0 Å². The van der Waals surface area contributed by atoms with E-state index in [1.165, 1.54) is 0 Å². The van der Waals surface area contributed by atoms with Crippen molar-refractivity contribution in [2.45, 2.75) is 39.2 Å². The van der Waals surface area contributed by atoms with Gasteiger partial charge in [-0.15, -0.1) is 0 Å². The van der Waals surface area contributed by atoms with Gasteiger partial charge in [-0.1, -0.05) is 0 Å². The Morgan fingerprint density at radius 3 is 3.11 bits per heavy atom. The monoisotopic (exact) mass is 251 g/mol. The summed E-state index contributed by atoms with van der Waals surface area (Å²) >= 11 is 0. The molecule has 0 aliphatic carbocycles. The number of aromatic nitrogens is 2. The lowest BCUT2D eigenvalue weighted by Crippen LogP contribution is -2.23. The lowest BCUT2D eigenvalue weighted by atomic mass is 9.98. The van der Waals surface area contributed by atoms with Crippen LogP contribution in [-0.4, -0.2) is 28.9 Å². The second kappa shape index (κ2) is 6.00. The number of ether oxygens (including phenoxy) is 1. The van der Waals surface area contributed by atoms with Crippen LogP contribution >= 0.6 is 0 Å². The number of carbonyl (C=O) groups excluding carboxylic acids is 1. The summed E-state index contributed by atoms with van der Waals surface area (Å²) in [5.74, 6) is 0.410. The lowest BCUT2D eigenvalue weighted by Gasteiger charge is -2.21. The first kappa shape index (κ1) is 13.1. The Kier molecular flexibility index (Phi) is 4.36. The molecular formula is C13H21N3O2. The Morgan fingerprint density at radius 2 is 2.50 bits per heavy atom. The van der Waals surface area contributed by atoms with E-state index in [9.17, 15) is 4.79 Å². The molecule has 1 aromatic heterocycles. The maximum Gasteiger partial charge on any atom is 0.224 e. The van der Waals surface area contributed by atoms with Gasteiger partial charge in [-0.05, 0) is 32.6 Å². The van der Waals surface area contributed by atoms with Gasteiger partial charge >= 0.3 is 0 Å². The van der Waals surface area contributed by atoms with Gasteiger partial charge in [0.05, 0.1) is 11.9 Å². The SMILES string of the molecule is CC(C)n1cc(NC(=O)CC2CCCOC2)cn1. The molecule has 5 nitrogen and oxygen atoms in total. The predicted octanol–water partition coefficient (Wildman–Crippen LogP) is 2.22. The van der Waals surface area contributed by atoms with Crippen molar-refractivity contribution in [3.63, 3.8) is 0 Å². The van der Waals surface area contributed by atoms with Gasteiger partial charge < -0.3 is 10.1 Å². The van der Waals surface area contributed by atoms with Gasteiger partial charge in [0.15, 0.2) is 0 Å². The first-order valence-corrected chi connectivity index (χ1v) is 6.57. The van der Waals surface area contributed by atoms with E-state index in [0.717, 1.165) is 25.1 Å². The Bertz CT molecular complexity index is 395. The van der Waals surface area contributed by atoms with Crippen molar-refractivity contribution in [3.05, 3.63) is 12.4 Å². The summed E-state index contributed by atoms with van der Waals surface area (Å²) in [6.07, 6.45) is 6.23. The van der Waals surface area contributed by atoms with Gasteiger partial charge in [-0.25, -0.2) is 0 Å². The van der Waals surface area contributed by atoms with Crippen LogP contribution in [0.5, 0.6) is 0 Å². The molecule has 1 saturated heterocycles. The number of nitrogens with zero attached hydrogens (tertiary/aromatic N) is 2. The molecule has 0 aromatic carbocycles. The van der Waals surface area contributed by atoms with E-state index in [1.807, 2.05) is 10.9 Å². The normalized spacial score (nSPS) is 20.1. The molecule has 1 aliphatic rings. The van der Waals surface area contributed by atoms with Crippen LogP contribution in [0.3, 0.4) is 0 Å². The van der Waals surface area contributed by atoms with Crippen LogP contribution < -0.4 is 5.32 Å². The summed E-state index contributed by atoms with van der Waals surface area (Å²) in [5, 5.41) is 7.08. The molecule has 5 heteroatoms. The molecule has 1 N–H and O–H groups in total. The third-order valence-corrected chi connectivity index (χ3v) is 3.14. The average Bonchev–Trinajstić information content (AvgIpc) is 2.78. The minimum atomic E-state index is 0.0498. The van der Waals surface area contributed by atoms with Crippen molar-refractivity contribution in [1.82, 2.24) is 9.78 Å².